The molecular weight excluding hydrogens is 630 g/mol. The van der Waals surface area contributed by atoms with E-state index in [-0.39, 0.29) is 69.1 Å². The van der Waals surface area contributed by atoms with E-state index < -0.39 is 66.4 Å². The van der Waals surface area contributed by atoms with Crippen molar-refractivity contribution < 1.29 is 29.1 Å². The van der Waals surface area contributed by atoms with Crippen LogP contribution in [0.3, 0.4) is 0 Å². The van der Waals surface area contributed by atoms with Crippen molar-refractivity contribution in [2.45, 2.75) is 89.0 Å². The second-order valence-corrected chi connectivity index (χ2v) is 11.3. The van der Waals surface area contributed by atoms with Gasteiger partial charge < -0.3 is 72.2 Å². The molecule has 5 atom stereocenters. The summed E-state index contributed by atoms with van der Waals surface area (Å²) in [5.41, 5.74) is 43.5. The highest BCUT2D eigenvalue weighted by atomic mass is 16.3. The lowest BCUT2D eigenvalue weighted by Crippen LogP contribution is -2.59. The van der Waals surface area contributed by atoms with E-state index in [1.165, 1.54) is 0 Å². The number of aliphatic hydroxyl groups excluding tert-OH is 1. The molecule has 21 N–H and O–H groups in total. The van der Waals surface area contributed by atoms with Gasteiger partial charge in [0.25, 0.3) is 0 Å². The van der Waals surface area contributed by atoms with E-state index in [1.807, 2.05) is 0 Å². The van der Waals surface area contributed by atoms with E-state index in [0.29, 0.717) is 19.3 Å². The number of rotatable bonds is 24. The van der Waals surface area contributed by atoms with Crippen molar-refractivity contribution in [3.63, 3.8) is 0 Å². The number of amides is 5. The Kier molecular flexibility index (Phi) is 21.0. The summed E-state index contributed by atoms with van der Waals surface area (Å²) in [5.74, 6) is -4.53. The summed E-state index contributed by atoms with van der Waals surface area (Å²) in [6.07, 6.45) is 1.54. The largest absolute Gasteiger partial charge is 0.394 e. The third kappa shape index (κ3) is 18.9. The monoisotopic (exact) mass is 685 g/mol. The first-order valence-electron chi connectivity index (χ1n) is 15.5. The number of unbranched alkanes of at least 4 members (excludes halogenated alkanes) is 1. The molecule has 0 aliphatic rings. The van der Waals surface area contributed by atoms with E-state index in [4.69, 9.17) is 45.9 Å². The molecule has 0 aliphatic heterocycles. The predicted octanol–water partition coefficient (Wildman–Crippen LogP) is -6.06. The summed E-state index contributed by atoms with van der Waals surface area (Å²) in [6, 6.07) is -5.93. The summed E-state index contributed by atoms with van der Waals surface area (Å²) < 4.78 is 0. The third-order valence-electron chi connectivity index (χ3n) is 6.85. The molecule has 0 aliphatic carbocycles. The van der Waals surface area contributed by atoms with Crippen molar-refractivity contribution in [2.24, 2.45) is 66.8 Å². The van der Waals surface area contributed by atoms with Crippen molar-refractivity contribution in [3.8, 4) is 0 Å². The van der Waals surface area contributed by atoms with Crippen molar-refractivity contribution in [1.29, 1.82) is 0 Å². The van der Waals surface area contributed by atoms with E-state index in [1.54, 1.807) is 13.8 Å². The smallest absolute Gasteiger partial charge is 0.245 e. The Morgan fingerprint density at radius 1 is 0.542 bits per heavy atom. The molecule has 0 fully saturated rings. The van der Waals surface area contributed by atoms with E-state index >= 15 is 0 Å². The van der Waals surface area contributed by atoms with Crippen LogP contribution >= 0.6 is 0 Å². The Hall–Kier alpha value is -4.92. The van der Waals surface area contributed by atoms with Gasteiger partial charge in [0.05, 0.1) is 12.6 Å². The summed E-state index contributed by atoms with van der Waals surface area (Å²) >= 11 is 0. The SMILES string of the molecule is CC(C)[C@H](N)C(=O)N[C@@H](CO)C(=O)N[C@@H](CCCCN=C(N)N)C(=O)N[C@@H](CCCN=C(N)N)C(=O)N[C@@H](CCCN=C(N)N)C(N)=O. The van der Waals surface area contributed by atoms with Crippen LogP contribution in [0.1, 0.15) is 58.8 Å². The van der Waals surface area contributed by atoms with Gasteiger partial charge in [-0.05, 0) is 50.9 Å². The molecular formula is C27H55N15O6. The van der Waals surface area contributed by atoms with Crippen LogP contribution in [0.2, 0.25) is 0 Å². The number of nitrogens with zero attached hydrogens (tertiary/aromatic N) is 3. The molecule has 0 saturated carbocycles. The first-order valence-corrected chi connectivity index (χ1v) is 15.5. The zero-order valence-corrected chi connectivity index (χ0v) is 27.7. The van der Waals surface area contributed by atoms with Gasteiger partial charge in [-0.25, -0.2) is 0 Å². The molecule has 0 spiro atoms. The second-order valence-electron chi connectivity index (χ2n) is 11.3. The maximum absolute atomic E-state index is 13.6. The highest BCUT2D eigenvalue weighted by Gasteiger charge is 2.31. The number of aliphatic imine (C=N–C) groups is 3. The van der Waals surface area contributed by atoms with Crippen LogP contribution in [-0.2, 0) is 24.0 Å². The molecule has 21 nitrogen and oxygen atoms in total. The van der Waals surface area contributed by atoms with Gasteiger partial charge in [-0.1, -0.05) is 13.8 Å². The number of primary amides is 1. The first kappa shape index (κ1) is 43.1. The molecule has 0 aromatic rings. The lowest BCUT2D eigenvalue weighted by molar-refractivity contribution is -0.135. The Labute approximate surface area is 279 Å². The first-order chi connectivity index (χ1) is 22.5. The minimum atomic E-state index is -1.42. The molecule has 0 aromatic heterocycles. The standard InChI is InChI=1S/C27H55N15O6/c1-14(2)19(28)24(48)42-18(13-43)23(47)41-16(7-3-4-10-36-25(30)31)22(46)40-17(9-6-12-38-27(34)35)21(45)39-15(20(29)44)8-5-11-37-26(32)33/h14-19,43H,3-13,28H2,1-2H3,(H2,29,44)(H,39,45)(H,40,46)(H,41,47)(H,42,48)(H4,30,31,36)(H4,32,33,37)(H4,34,35,38)/t15-,16-,17-,18-,19-/m0/s1. The number of aliphatic hydroxyl groups is 1. The van der Waals surface area contributed by atoms with E-state index in [0.717, 1.165) is 0 Å². The third-order valence-corrected chi connectivity index (χ3v) is 6.85. The maximum atomic E-state index is 13.6. The van der Waals surface area contributed by atoms with E-state index in [2.05, 4.69) is 36.2 Å². The molecule has 48 heavy (non-hydrogen) atoms. The van der Waals surface area contributed by atoms with Crippen LogP contribution in [0.5, 0.6) is 0 Å². The molecule has 21 heteroatoms. The van der Waals surface area contributed by atoms with Gasteiger partial charge in [-0.15, -0.1) is 0 Å². The van der Waals surface area contributed by atoms with Gasteiger partial charge in [0.1, 0.15) is 24.2 Å². The summed E-state index contributed by atoms with van der Waals surface area (Å²) in [7, 11) is 0. The van der Waals surface area contributed by atoms with Crippen LogP contribution in [0.4, 0.5) is 0 Å². The zero-order chi connectivity index (χ0) is 36.8. The summed E-state index contributed by atoms with van der Waals surface area (Å²) in [4.78, 5) is 76.2. The normalized spacial score (nSPS) is 13.9. The second kappa shape index (κ2) is 23.4. The van der Waals surface area contributed by atoms with Crippen molar-refractivity contribution in [3.05, 3.63) is 0 Å². The number of carbonyl (C=O) groups excluding carboxylic acids is 5. The summed E-state index contributed by atoms with van der Waals surface area (Å²) in [6.45, 7) is 3.20. The molecule has 0 rings (SSSR count). The van der Waals surface area contributed by atoms with Crippen LogP contribution in [-0.4, -0.2) is 109 Å². The van der Waals surface area contributed by atoms with Gasteiger partial charge in [0, 0.05) is 19.6 Å². The lowest BCUT2D eigenvalue weighted by Gasteiger charge is -2.26. The molecule has 0 radical (unpaired) electrons. The average molecular weight is 686 g/mol. The minimum absolute atomic E-state index is 0.0292. The zero-order valence-electron chi connectivity index (χ0n) is 27.7. The van der Waals surface area contributed by atoms with Crippen molar-refractivity contribution in [1.82, 2.24) is 21.3 Å². The quantitative estimate of drug-likeness (QED) is 0.0256. The molecule has 0 bridgehead atoms. The lowest BCUT2D eigenvalue weighted by atomic mass is 10.0. The number of nitrogens with two attached hydrogens (primary N) is 8. The van der Waals surface area contributed by atoms with Gasteiger partial charge in [0.2, 0.25) is 29.5 Å². The molecule has 0 unspecified atom stereocenters. The molecule has 0 aromatic carbocycles. The highest BCUT2D eigenvalue weighted by molar-refractivity contribution is 5.95. The molecule has 0 saturated heterocycles. The number of hydrogen-bond donors (Lipinski definition) is 13. The Balaban J connectivity index is 6.04. The van der Waals surface area contributed by atoms with Crippen LogP contribution < -0.4 is 67.1 Å². The van der Waals surface area contributed by atoms with Crippen molar-refractivity contribution >= 4 is 47.4 Å². The van der Waals surface area contributed by atoms with Gasteiger partial charge in [0.15, 0.2) is 17.9 Å². The highest BCUT2D eigenvalue weighted by Crippen LogP contribution is 2.08. The average Bonchev–Trinajstić information content (AvgIpc) is 3.00. The van der Waals surface area contributed by atoms with Gasteiger partial charge in [-0.3, -0.25) is 38.9 Å². The molecule has 0 heterocycles. The van der Waals surface area contributed by atoms with E-state index in [9.17, 15) is 29.1 Å². The number of carbonyl (C=O) groups is 5. The minimum Gasteiger partial charge on any atom is -0.394 e. The fourth-order valence-electron chi connectivity index (χ4n) is 4.08. The van der Waals surface area contributed by atoms with Crippen molar-refractivity contribution in [2.75, 3.05) is 26.2 Å². The Bertz CT molecular complexity index is 1130. The fourth-order valence-corrected chi connectivity index (χ4v) is 4.08. The van der Waals surface area contributed by atoms with Gasteiger partial charge in [-0.2, -0.15) is 0 Å². The van der Waals surface area contributed by atoms with Crippen LogP contribution in [0, 0.1) is 5.92 Å². The topological polar surface area (TPSA) is 399 Å². The number of hydrogen-bond acceptors (Lipinski definition) is 10. The van der Waals surface area contributed by atoms with Crippen LogP contribution in [0.25, 0.3) is 0 Å². The summed E-state index contributed by atoms with van der Waals surface area (Å²) in [5, 5.41) is 19.9. The maximum Gasteiger partial charge on any atom is 0.245 e. The van der Waals surface area contributed by atoms with Gasteiger partial charge >= 0.3 is 0 Å². The molecule has 274 valence electrons. The fraction of sp³-hybridized carbons (Fsp3) is 0.704. The number of guanidine groups is 3. The molecule has 5 amide bonds. The predicted molar refractivity (Wildman–Crippen MR) is 181 cm³/mol. The Morgan fingerprint density at radius 3 is 1.29 bits per heavy atom. The Morgan fingerprint density at radius 2 is 0.896 bits per heavy atom. The number of nitrogens with one attached hydrogen (secondary N) is 4. The van der Waals surface area contributed by atoms with Crippen LogP contribution in [0.15, 0.2) is 15.0 Å².